The fourth-order valence-corrected chi connectivity index (χ4v) is 2.79. The molecule has 0 saturated carbocycles. The molecule has 1 aliphatic rings. The van der Waals surface area contributed by atoms with Crippen LogP contribution in [-0.2, 0) is 24.2 Å². The summed E-state index contributed by atoms with van der Waals surface area (Å²) in [5.74, 6) is -0.877. The first kappa shape index (κ1) is 14.3. The van der Waals surface area contributed by atoms with Gasteiger partial charge in [-0.1, -0.05) is 0 Å². The average molecular weight is 303 g/mol. The molecule has 116 valence electrons. The second-order valence-electron chi connectivity index (χ2n) is 5.46. The van der Waals surface area contributed by atoms with Crippen molar-refractivity contribution in [3.05, 3.63) is 39.7 Å². The van der Waals surface area contributed by atoms with Gasteiger partial charge in [-0.25, -0.2) is 4.98 Å². The fourth-order valence-electron chi connectivity index (χ4n) is 2.79. The summed E-state index contributed by atoms with van der Waals surface area (Å²) in [6, 6.07) is 0.0658. The molecule has 0 fully saturated rings. The molecule has 0 spiro atoms. The lowest BCUT2D eigenvalue weighted by Gasteiger charge is -2.23. The van der Waals surface area contributed by atoms with Crippen LogP contribution in [0.1, 0.15) is 23.4 Å². The highest BCUT2D eigenvalue weighted by Gasteiger charge is 2.23. The van der Waals surface area contributed by atoms with Crippen molar-refractivity contribution >= 4 is 11.8 Å². The predicted molar refractivity (Wildman–Crippen MR) is 78.9 cm³/mol. The molecule has 2 aromatic rings. The summed E-state index contributed by atoms with van der Waals surface area (Å²) >= 11 is 0. The van der Waals surface area contributed by atoms with Gasteiger partial charge >= 0.3 is 5.97 Å². The van der Waals surface area contributed by atoms with Gasteiger partial charge < -0.3 is 10.4 Å². The number of carbonyl (C=O) groups is 1. The predicted octanol–water partition coefficient (Wildman–Crippen LogP) is 0.329. The number of carboxylic acids is 1. The zero-order valence-corrected chi connectivity index (χ0v) is 12.2. The largest absolute Gasteiger partial charge is 0.480 e. The first-order chi connectivity index (χ1) is 10.5. The number of aromatic nitrogens is 4. The molecular weight excluding hydrogens is 286 g/mol. The number of hydrogen-bond donors (Lipinski definition) is 3. The molecule has 1 aliphatic carbocycles. The normalized spacial score (nSPS) is 17.0. The van der Waals surface area contributed by atoms with Crippen molar-refractivity contribution in [2.45, 2.75) is 38.8 Å². The Labute approximate surface area is 126 Å². The lowest BCUT2D eigenvalue weighted by atomic mass is 9.92. The molecule has 0 radical (unpaired) electrons. The van der Waals surface area contributed by atoms with Crippen LogP contribution < -0.4 is 10.9 Å². The van der Waals surface area contributed by atoms with Crippen LogP contribution in [0.2, 0.25) is 0 Å². The van der Waals surface area contributed by atoms with E-state index in [-0.39, 0.29) is 18.4 Å². The topological polar surface area (TPSA) is 113 Å². The van der Waals surface area contributed by atoms with Gasteiger partial charge in [-0.15, -0.1) is 0 Å². The highest BCUT2D eigenvalue weighted by atomic mass is 16.4. The number of fused-ring (bicyclic) bond motifs is 1. The molecule has 0 aromatic carbocycles. The SMILES string of the molecule is Cc1[nH]nc2c1CCC(Nc1nccn(CC(=O)O)c1=O)C2. The average Bonchev–Trinajstić information content (AvgIpc) is 2.84. The molecule has 2 aromatic heterocycles. The van der Waals surface area contributed by atoms with Crippen LogP contribution in [0.25, 0.3) is 0 Å². The van der Waals surface area contributed by atoms with E-state index in [0.717, 1.165) is 28.8 Å². The Balaban J connectivity index is 1.77. The standard InChI is InChI=1S/C14H17N5O3/c1-8-10-3-2-9(6-11(10)18-17-8)16-13-14(22)19(5-4-15-13)7-12(20)21/h4-5,9H,2-3,6-7H2,1H3,(H,15,16)(H,17,18)(H,20,21). The number of anilines is 1. The molecule has 0 aliphatic heterocycles. The Hall–Kier alpha value is -2.64. The highest BCUT2D eigenvalue weighted by molar-refractivity contribution is 5.66. The Bertz CT molecular complexity index is 764. The summed E-state index contributed by atoms with van der Waals surface area (Å²) in [5.41, 5.74) is 2.94. The van der Waals surface area contributed by atoms with Crippen molar-refractivity contribution in [1.29, 1.82) is 0 Å². The Morgan fingerprint density at radius 1 is 1.59 bits per heavy atom. The van der Waals surface area contributed by atoms with Gasteiger partial charge in [-0.2, -0.15) is 5.10 Å². The lowest BCUT2D eigenvalue weighted by molar-refractivity contribution is -0.137. The molecule has 8 nitrogen and oxygen atoms in total. The Morgan fingerprint density at radius 2 is 2.41 bits per heavy atom. The summed E-state index contributed by atoms with van der Waals surface area (Å²) < 4.78 is 1.13. The van der Waals surface area contributed by atoms with Crippen LogP contribution in [0.15, 0.2) is 17.2 Å². The third-order valence-electron chi connectivity index (χ3n) is 3.90. The van der Waals surface area contributed by atoms with E-state index in [2.05, 4.69) is 20.5 Å². The summed E-state index contributed by atoms with van der Waals surface area (Å²) in [5, 5.41) is 19.2. The van der Waals surface area contributed by atoms with E-state index in [1.54, 1.807) is 0 Å². The quantitative estimate of drug-likeness (QED) is 0.750. The third-order valence-corrected chi connectivity index (χ3v) is 3.90. The van der Waals surface area contributed by atoms with Gasteiger partial charge in [0.15, 0.2) is 5.82 Å². The smallest absolute Gasteiger partial charge is 0.323 e. The maximum absolute atomic E-state index is 12.2. The van der Waals surface area contributed by atoms with E-state index in [4.69, 9.17) is 5.11 Å². The minimum Gasteiger partial charge on any atom is -0.480 e. The van der Waals surface area contributed by atoms with Crippen molar-refractivity contribution in [2.24, 2.45) is 0 Å². The Morgan fingerprint density at radius 3 is 3.18 bits per heavy atom. The number of nitrogens with zero attached hydrogens (tertiary/aromatic N) is 3. The Kier molecular flexibility index (Phi) is 3.66. The second-order valence-corrected chi connectivity index (χ2v) is 5.46. The van der Waals surface area contributed by atoms with Crippen LogP contribution in [-0.4, -0.2) is 36.9 Å². The summed E-state index contributed by atoms with van der Waals surface area (Å²) in [6.45, 7) is 1.63. The second kappa shape index (κ2) is 5.63. The zero-order chi connectivity index (χ0) is 15.7. The van der Waals surface area contributed by atoms with E-state index in [1.807, 2.05) is 6.92 Å². The molecule has 1 unspecified atom stereocenters. The van der Waals surface area contributed by atoms with E-state index < -0.39 is 11.5 Å². The zero-order valence-electron chi connectivity index (χ0n) is 12.2. The van der Waals surface area contributed by atoms with E-state index in [1.165, 1.54) is 18.0 Å². The summed E-state index contributed by atoms with van der Waals surface area (Å²) in [7, 11) is 0. The van der Waals surface area contributed by atoms with Gasteiger partial charge in [-0.05, 0) is 25.3 Å². The van der Waals surface area contributed by atoms with Crippen molar-refractivity contribution in [3.63, 3.8) is 0 Å². The van der Waals surface area contributed by atoms with Crippen LogP contribution in [0.3, 0.4) is 0 Å². The van der Waals surface area contributed by atoms with Gasteiger partial charge in [0.05, 0.1) is 5.69 Å². The van der Waals surface area contributed by atoms with E-state index in [9.17, 15) is 9.59 Å². The number of rotatable bonds is 4. The summed E-state index contributed by atoms with van der Waals surface area (Å²) in [4.78, 5) is 27.0. The third kappa shape index (κ3) is 2.72. The maximum Gasteiger partial charge on any atom is 0.323 e. The molecule has 0 bridgehead atoms. The lowest BCUT2D eigenvalue weighted by Crippen LogP contribution is -2.33. The molecule has 8 heteroatoms. The van der Waals surface area contributed by atoms with Gasteiger partial charge in [0.1, 0.15) is 6.54 Å². The highest BCUT2D eigenvalue weighted by Crippen LogP contribution is 2.23. The number of nitrogens with one attached hydrogen (secondary N) is 2. The maximum atomic E-state index is 12.2. The molecule has 2 heterocycles. The van der Waals surface area contributed by atoms with Crippen LogP contribution in [0.5, 0.6) is 0 Å². The van der Waals surface area contributed by atoms with Crippen LogP contribution in [0.4, 0.5) is 5.82 Å². The van der Waals surface area contributed by atoms with Crippen molar-refractivity contribution in [1.82, 2.24) is 19.7 Å². The van der Waals surface area contributed by atoms with Gasteiger partial charge in [0, 0.05) is 30.6 Å². The van der Waals surface area contributed by atoms with E-state index >= 15 is 0 Å². The van der Waals surface area contributed by atoms with Gasteiger partial charge in [0.2, 0.25) is 0 Å². The van der Waals surface area contributed by atoms with Crippen molar-refractivity contribution in [2.75, 3.05) is 5.32 Å². The minimum absolute atomic E-state index is 0.0658. The fraction of sp³-hybridized carbons (Fsp3) is 0.429. The molecule has 3 rings (SSSR count). The minimum atomic E-state index is -1.06. The molecule has 1 atom stereocenters. The molecule has 0 amide bonds. The molecular formula is C14H17N5O3. The van der Waals surface area contributed by atoms with Crippen LogP contribution >= 0.6 is 0 Å². The molecule has 22 heavy (non-hydrogen) atoms. The van der Waals surface area contributed by atoms with Gasteiger partial charge in [0.25, 0.3) is 5.56 Å². The van der Waals surface area contributed by atoms with Crippen LogP contribution in [0, 0.1) is 6.92 Å². The summed E-state index contributed by atoms with van der Waals surface area (Å²) in [6.07, 6.45) is 5.29. The number of carboxylic acid groups (broad SMARTS) is 1. The first-order valence-corrected chi connectivity index (χ1v) is 7.11. The number of hydrogen-bond acceptors (Lipinski definition) is 5. The molecule has 0 saturated heterocycles. The van der Waals surface area contributed by atoms with Gasteiger partial charge in [-0.3, -0.25) is 19.3 Å². The van der Waals surface area contributed by atoms with Crippen molar-refractivity contribution in [3.8, 4) is 0 Å². The number of aromatic amines is 1. The monoisotopic (exact) mass is 303 g/mol. The number of H-pyrrole nitrogens is 1. The van der Waals surface area contributed by atoms with Crippen molar-refractivity contribution < 1.29 is 9.90 Å². The van der Waals surface area contributed by atoms with E-state index in [0.29, 0.717) is 6.42 Å². The number of aryl methyl sites for hydroxylation is 1. The number of aliphatic carboxylic acids is 1. The first-order valence-electron chi connectivity index (χ1n) is 7.11. The molecule has 3 N–H and O–H groups in total.